The normalized spacial score (nSPS) is 29.3. The van der Waals surface area contributed by atoms with Crippen LogP contribution in [0.25, 0.3) is 0 Å². The Morgan fingerprint density at radius 1 is 1.62 bits per heavy atom. The first-order valence-electron chi connectivity index (χ1n) is 6.20. The Balaban J connectivity index is 2.31. The van der Waals surface area contributed by atoms with E-state index < -0.39 is 5.60 Å². The summed E-state index contributed by atoms with van der Waals surface area (Å²) in [6, 6.07) is 0. The van der Waals surface area contributed by atoms with Crippen LogP contribution in [0.5, 0.6) is 0 Å². The molecule has 1 rings (SSSR count). The highest BCUT2D eigenvalue weighted by Crippen LogP contribution is 2.37. The van der Waals surface area contributed by atoms with Gasteiger partial charge in [0.2, 0.25) is 0 Å². The summed E-state index contributed by atoms with van der Waals surface area (Å²) in [5, 5.41) is 10.1. The third kappa shape index (κ3) is 3.76. The van der Waals surface area contributed by atoms with Gasteiger partial charge in [-0.25, -0.2) is 0 Å². The number of carbonyl (C=O) groups is 1. The lowest BCUT2D eigenvalue weighted by Crippen LogP contribution is -2.29. The maximum atomic E-state index is 11.6. The maximum absolute atomic E-state index is 11.6. The minimum absolute atomic E-state index is 0.131. The largest absolute Gasteiger partial charge is 0.465 e. The summed E-state index contributed by atoms with van der Waals surface area (Å²) >= 11 is 0. The number of ether oxygens (including phenoxy) is 1. The van der Waals surface area contributed by atoms with Crippen molar-refractivity contribution in [1.29, 1.82) is 0 Å². The van der Waals surface area contributed by atoms with Crippen LogP contribution in [-0.4, -0.2) is 29.8 Å². The number of nitrogens with two attached hydrogens (primary N) is 1. The molecule has 1 aliphatic carbocycles. The minimum Gasteiger partial charge on any atom is -0.465 e. The average Bonchev–Trinajstić information content (AvgIpc) is 2.62. The standard InChI is InChI=1S/C12H23NO3/c1-2-3-8-16-11(14)10-4-5-12(15,9-10)6-7-13/h10,15H,2-9,13H2,1H3/t10-,12?/m1/s1. The molecule has 94 valence electrons. The maximum Gasteiger partial charge on any atom is 0.309 e. The molecule has 0 amide bonds. The van der Waals surface area contributed by atoms with Crippen LogP contribution >= 0.6 is 0 Å². The third-order valence-corrected chi connectivity index (χ3v) is 3.27. The summed E-state index contributed by atoms with van der Waals surface area (Å²) in [5.41, 5.74) is 4.70. The number of hydrogen-bond donors (Lipinski definition) is 2. The lowest BCUT2D eigenvalue weighted by molar-refractivity contribution is -0.149. The average molecular weight is 229 g/mol. The lowest BCUT2D eigenvalue weighted by Gasteiger charge is -2.21. The van der Waals surface area contributed by atoms with Gasteiger partial charge in [-0.15, -0.1) is 0 Å². The number of carbonyl (C=O) groups excluding carboxylic acids is 1. The molecule has 0 aromatic heterocycles. The molecule has 0 heterocycles. The van der Waals surface area contributed by atoms with Crippen molar-refractivity contribution in [3.8, 4) is 0 Å². The molecular weight excluding hydrogens is 206 g/mol. The van der Waals surface area contributed by atoms with E-state index in [1.807, 2.05) is 0 Å². The molecule has 0 spiro atoms. The zero-order chi connectivity index (χ0) is 12.0. The first-order chi connectivity index (χ1) is 7.61. The molecule has 3 N–H and O–H groups in total. The Morgan fingerprint density at radius 3 is 3.00 bits per heavy atom. The van der Waals surface area contributed by atoms with Crippen LogP contribution in [-0.2, 0) is 9.53 Å². The monoisotopic (exact) mass is 229 g/mol. The van der Waals surface area contributed by atoms with Gasteiger partial charge in [0, 0.05) is 0 Å². The third-order valence-electron chi connectivity index (χ3n) is 3.27. The molecule has 1 unspecified atom stereocenters. The van der Waals surface area contributed by atoms with Gasteiger partial charge in [0.05, 0.1) is 18.1 Å². The van der Waals surface area contributed by atoms with Gasteiger partial charge in [0.1, 0.15) is 0 Å². The Kier molecular flexibility index (Phi) is 5.22. The molecule has 1 aliphatic rings. The van der Waals surface area contributed by atoms with Crippen molar-refractivity contribution in [1.82, 2.24) is 0 Å². The Bertz CT molecular complexity index is 232. The second-order valence-corrected chi connectivity index (χ2v) is 4.72. The van der Waals surface area contributed by atoms with Gasteiger partial charge in [-0.3, -0.25) is 4.79 Å². The number of unbranched alkanes of at least 4 members (excludes halogenated alkanes) is 1. The van der Waals surface area contributed by atoms with Crippen LogP contribution in [0.4, 0.5) is 0 Å². The van der Waals surface area contributed by atoms with Crippen molar-refractivity contribution in [2.45, 2.75) is 51.0 Å². The van der Waals surface area contributed by atoms with Crippen LogP contribution in [0.15, 0.2) is 0 Å². The molecule has 0 aromatic rings. The van der Waals surface area contributed by atoms with Crippen LogP contribution in [0.2, 0.25) is 0 Å². The summed E-state index contributed by atoms with van der Waals surface area (Å²) < 4.78 is 5.16. The first kappa shape index (κ1) is 13.5. The molecule has 0 saturated heterocycles. The molecule has 1 fully saturated rings. The van der Waals surface area contributed by atoms with Crippen LogP contribution in [0.1, 0.15) is 45.4 Å². The van der Waals surface area contributed by atoms with E-state index in [9.17, 15) is 9.90 Å². The van der Waals surface area contributed by atoms with Gasteiger partial charge in [0.15, 0.2) is 0 Å². The van der Waals surface area contributed by atoms with Gasteiger partial charge in [-0.2, -0.15) is 0 Å². The molecule has 0 aromatic carbocycles. The number of aliphatic hydroxyl groups is 1. The van der Waals surface area contributed by atoms with Crippen molar-refractivity contribution < 1.29 is 14.6 Å². The highest BCUT2D eigenvalue weighted by atomic mass is 16.5. The fraction of sp³-hybridized carbons (Fsp3) is 0.917. The van der Waals surface area contributed by atoms with Crippen molar-refractivity contribution in [3.63, 3.8) is 0 Å². The van der Waals surface area contributed by atoms with Gasteiger partial charge in [0.25, 0.3) is 0 Å². The topological polar surface area (TPSA) is 72.5 Å². The number of hydrogen-bond acceptors (Lipinski definition) is 4. The fourth-order valence-electron chi connectivity index (χ4n) is 2.24. The van der Waals surface area contributed by atoms with Gasteiger partial charge < -0.3 is 15.6 Å². The van der Waals surface area contributed by atoms with E-state index in [2.05, 4.69) is 6.92 Å². The van der Waals surface area contributed by atoms with E-state index in [0.29, 0.717) is 32.4 Å². The van der Waals surface area contributed by atoms with Crippen molar-refractivity contribution in [2.75, 3.05) is 13.2 Å². The van der Waals surface area contributed by atoms with E-state index in [0.717, 1.165) is 19.3 Å². The van der Waals surface area contributed by atoms with E-state index >= 15 is 0 Å². The smallest absolute Gasteiger partial charge is 0.309 e. The van der Waals surface area contributed by atoms with Gasteiger partial charge in [-0.05, 0) is 38.6 Å². The molecular formula is C12H23NO3. The molecule has 2 atom stereocenters. The van der Waals surface area contributed by atoms with Crippen molar-refractivity contribution >= 4 is 5.97 Å². The Hall–Kier alpha value is -0.610. The summed E-state index contributed by atoms with van der Waals surface area (Å²) in [7, 11) is 0. The van der Waals surface area contributed by atoms with E-state index in [1.54, 1.807) is 0 Å². The number of rotatable bonds is 6. The van der Waals surface area contributed by atoms with Crippen molar-refractivity contribution in [2.24, 2.45) is 11.7 Å². The Labute approximate surface area is 97.2 Å². The molecule has 4 nitrogen and oxygen atoms in total. The molecule has 4 heteroatoms. The summed E-state index contributed by atoms with van der Waals surface area (Å²) in [4.78, 5) is 11.6. The lowest BCUT2D eigenvalue weighted by atomic mass is 9.96. The second kappa shape index (κ2) is 6.21. The van der Waals surface area contributed by atoms with Gasteiger partial charge >= 0.3 is 5.97 Å². The first-order valence-corrected chi connectivity index (χ1v) is 6.20. The van der Waals surface area contributed by atoms with Crippen molar-refractivity contribution in [3.05, 3.63) is 0 Å². The van der Waals surface area contributed by atoms with E-state index in [1.165, 1.54) is 0 Å². The van der Waals surface area contributed by atoms with E-state index in [-0.39, 0.29) is 11.9 Å². The van der Waals surface area contributed by atoms with Gasteiger partial charge in [-0.1, -0.05) is 13.3 Å². The summed E-state index contributed by atoms with van der Waals surface area (Å²) in [5.74, 6) is -0.283. The summed E-state index contributed by atoms with van der Waals surface area (Å²) in [6.45, 7) is 3.03. The highest BCUT2D eigenvalue weighted by Gasteiger charge is 2.40. The molecule has 0 bridgehead atoms. The number of esters is 1. The zero-order valence-electron chi connectivity index (χ0n) is 10.1. The SMILES string of the molecule is CCCCOC(=O)[C@@H]1CCC(O)(CCN)C1. The predicted octanol–water partition coefficient (Wildman–Crippen LogP) is 1.21. The fourth-order valence-corrected chi connectivity index (χ4v) is 2.24. The van der Waals surface area contributed by atoms with Crippen LogP contribution < -0.4 is 5.73 Å². The molecule has 16 heavy (non-hydrogen) atoms. The predicted molar refractivity (Wildman–Crippen MR) is 61.8 cm³/mol. The molecule has 1 saturated carbocycles. The van der Waals surface area contributed by atoms with Crippen LogP contribution in [0, 0.1) is 5.92 Å². The van der Waals surface area contributed by atoms with E-state index in [4.69, 9.17) is 10.5 Å². The zero-order valence-corrected chi connectivity index (χ0v) is 10.1. The second-order valence-electron chi connectivity index (χ2n) is 4.72. The highest BCUT2D eigenvalue weighted by molar-refractivity contribution is 5.73. The van der Waals surface area contributed by atoms with Crippen LogP contribution in [0.3, 0.4) is 0 Å². The molecule has 0 aliphatic heterocycles. The minimum atomic E-state index is -0.733. The quantitative estimate of drug-likeness (QED) is 0.530. The summed E-state index contributed by atoms with van der Waals surface area (Å²) in [6.07, 6.45) is 4.40. The molecule has 0 radical (unpaired) electrons. The Morgan fingerprint density at radius 2 is 2.38 bits per heavy atom.